The third kappa shape index (κ3) is 2.54. The van der Waals surface area contributed by atoms with Crippen molar-refractivity contribution in [3.05, 3.63) is 41.0 Å². The van der Waals surface area contributed by atoms with E-state index in [9.17, 15) is 13.2 Å². The van der Waals surface area contributed by atoms with Crippen LogP contribution in [0.2, 0.25) is 0 Å². The molecule has 4 nitrogen and oxygen atoms in total. The predicted octanol–water partition coefficient (Wildman–Crippen LogP) is 2.92. The number of nitriles is 1. The van der Waals surface area contributed by atoms with E-state index >= 15 is 0 Å². The molecule has 0 aliphatic rings. The van der Waals surface area contributed by atoms with E-state index in [1.54, 1.807) is 6.92 Å². The molecule has 0 atom stereocenters. The molecule has 0 unspecified atom stereocenters. The van der Waals surface area contributed by atoms with Crippen LogP contribution in [-0.4, -0.2) is 10.2 Å². The molecule has 0 bridgehead atoms. The Kier molecular flexibility index (Phi) is 3.32. The van der Waals surface area contributed by atoms with E-state index in [4.69, 9.17) is 11.0 Å². The highest BCUT2D eigenvalue weighted by Crippen LogP contribution is 2.37. The molecule has 0 radical (unpaired) electrons. The summed E-state index contributed by atoms with van der Waals surface area (Å²) in [5.74, 6) is -0.299. The average Bonchev–Trinajstić information content (AvgIpc) is 2.38. The Morgan fingerprint density at radius 3 is 2.45 bits per heavy atom. The van der Waals surface area contributed by atoms with Crippen LogP contribution in [0.15, 0.2) is 24.3 Å². The highest BCUT2D eigenvalue weighted by Gasteiger charge is 2.35. The molecule has 20 heavy (non-hydrogen) atoms. The van der Waals surface area contributed by atoms with Gasteiger partial charge in [0.1, 0.15) is 11.5 Å². The fraction of sp³-hybridized carbons (Fsp3) is 0.154. The van der Waals surface area contributed by atoms with Crippen molar-refractivity contribution in [2.75, 3.05) is 5.73 Å². The third-order valence-electron chi connectivity index (χ3n) is 2.73. The SMILES string of the molecule is Cc1cc(C#N)ccc1-c1nnc(N)cc1C(F)(F)F. The molecule has 0 saturated heterocycles. The van der Waals surface area contributed by atoms with Gasteiger partial charge in [0.15, 0.2) is 0 Å². The minimum absolute atomic E-state index is 0.267. The molecule has 0 spiro atoms. The van der Waals surface area contributed by atoms with Crippen LogP contribution < -0.4 is 5.73 Å². The van der Waals surface area contributed by atoms with E-state index in [2.05, 4.69) is 10.2 Å². The Balaban J connectivity index is 2.68. The summed E-state index contributed by atoms with van der Waals surface area (Å²) < 4.78 is 39.0. The lowest BCUT2D eigenvalue weighted by molar-refractivity contribution is -0.137. The summed E-state index contributed by atoms with van der Waals surface area (Å²) in [6, 6.07) is 7.02. The number of hydrogen-bond donors (Lipinski definition) is 1. The first-order chi connectivity index (χ1) is 9.32. The van der Waals surface area contributed by atoms with Gasteiger partial charge in [-0.15, -0.1) is 10.2 Å². The molecular weight excluding hydrogens is 269 g/mol. The van der Waals surface area contributed by atoms with Gasteiger partial charge in [0.2, 0.25) is 0 Å². The molecule has 102 valence electrons. The van der Waals surface area contributed by atoms with Gasteiger partial charge in [-0.1, -0.05) is 6.07 Å². The van der Waals surface area contributed by atoms with E-state index in [1.165, 1.54) is 18.2 Å². The number of nitrogen functional groups attached to an aromatic ring is 1. The van der Waals surface area contributed by atoms with Crippen LogP contribution in [-0.2, 0) is 6.18 Å². The smallest absolute Gasteiger partial charge is 0.382 e. The highest BCUT2D eigenvalue weighted by atomic mass is 19.4. The number of hydrogen-bond acceptors (Lipinski definition) is 4. The molecule has 0 amide bonds. The third-order valence-corrected chi connectivity index (χ3v) is 2.73. The van der Waals surface area contributed by atoms with Crippen LogP contribution in [0, 0.1) is 18.3 Å². The minimum atomic E-state index is -4.58. The van der Waals surface area contributed by atoms with Crippen molar-refractivity contribution >= 4 is 5.82 Å². The van der Waals surface area contributed by atoms with Crippen molar-refractivity contribution in [3.8, 4) is 17.3 Å². The van der Waals surface area contributed by atoms with Crippen molar-refractivity contribution < 1.29 is 13.2 Å². The van der Waals surface area contributed by atoms with Gasteiger partial charge in [-0.25, -0.2) is 0 Å². The van der Waals surface area contributed by atoms with E-state index in [0.717, 1.165) is 6.07 Å². The zero-order valence-corrected chi connectivity index (χ0v) is 10.4. The van der Waals surface area contributed by atoms with Crippen LogP contribution in [0.5, 0.6) is 0 Å². The molecule has 1 aromatic heterocycles. The summed E-state index contributed by atoms with van der Waals surface area (Å²) in [6.07, 6.45) is -4.58. The van der Waals surface area contributed by atoms with Gasteiger partial charge in [-0.3, -0.25) is 0 Å². The van der Waals surface area contributed by atoms with E-state index < -0.39 is 11.7 Å². The molecule has 2 rings (SSSR count). The summed E-state index contributed by atoms with van der Waals surface area (Å²) in [4.78, 5) is 0. The maximum absolute atomic E-state index is 13.0. The second-order valence-corrected chi connectivity index (χ2v) is 4.17. The quantitative estimate of drug-likeness (QED) is 0.870. The lowest BCUT2D eigenvalue weighted by Crippen LogP contribution is -2.11. The minimum Gasteiger partial charge on any atom is -0.382 e. The Morgan fingerprint density at radius 1 is 1.20 bits per heavy atom. The lowest BCUT2D eigenvalue weighted by atomic mass is 9.99. The maximum Gasteiger partial charge on any atom is 0.418 e. The van der Waals surface area contributed by atoms with E-state index in [0.29, 0.717) is 11.1 Å². The van der Waals surface area contributed by atoms with Crippen molar-refractivity contribution in [2.45, 2.75) is 13.1 Å². The summed E-state index contributed by atoms with van der Waals surface area (Å²) in [7, 11) is 0. The molecule has 2 N–H and O–H groups in total. The van der Waals surface area contributed by atoms with E-state index in [-0.39, 0.29) is 17.1 Å². The van der Waals surface area contributed by atoms with Crippen molar-refractivity contribution in [1.29, 1.82) is 5.26 Å². The van der Waals surface area contributed by atoms with Gasteiger partial charge in [-0.2, -0.15) is 18.4 Å². The molecule has 0 aliphatic carbocycles. The molecular formula is C13H9F3N4. The topological polar surface area (TPSA) is 75.6 Å². The molecule has 0 saturated carbocycles. The molecule has 1 aromatic carbocycles. The van der Waals surface area contributed by atoms with Crippen molar-refractivity contribution in [1.82, 2.24) is 10.2 Å². The number of nitrogens with two attached hydrogens (primary N) is 1. The Hall–Kier alpha value is -2.62. The molecule has 2 aromatic rings. The fourth-order valence-corrected chi connectivity index (χ4v) is 1.82. The molecule has 0 aliphatic heterocycles. The van der Waals surface area contributed by atoms with Gasteiger partial charge < -0.3 is 5.73 Å². The summed E-state index contributed by atoms with van der Waals surface area (Å²) in [5.41, 5.74) is 5.16. The number of benzene rings is 1. The number of alkyl halides is 3. The number of halogens is 3. The van der Waals surface area contributed by atoms with Crippen LogP contribution in [0.1, 0.15) is 16.7 Å². The van der Waals surface area contributed by atoms with Crippen LogP contribution in [0.3, 0.4) is 0 Å². The van der Waals surface area contributed by atoms with Gasteiger partial charge in [0.25, 0.3) is 0 Å². The molecule has 0 fully saturated rings. The highest BCUT2D eigenvalue weighted by molar-refractivity contribution is 5.69. The first kappa shape index (κ1) is 13.8. The Morgan fingerprint density at radius 2 is 1.90 bits per heavy atom. The first-order valence-electron chi connectivity index (χ1n) is 5.54. The first-order valence-corrected chi connectivity index (χ1v) is 5.54. The average molecular weight is 278 g/mol. The van der Waals surface area contributed by atoms with Crippen LogP contribution >= 0.6 is 0 Å². The number of aromatic nitrogens is 2. The molecule has 7 heteroatoms. The van der Waals surface area contributed by atoms with Gasteiger partial charge in [-0.05, 0) is 30.7 Å². The van der Waals surface area contributed by atoms with Gasteiger partial charge in [0.05, 0.1) is 17.2 Å². The number of aryl methyl sites for hydroxylation is 1. The van der Waals surface area contributed by atoms with Crippen molar-refractivity contribution in [3.63, 3.8) is 0 Å². The fourth-order valence-electron chi connectivity index (χ4n) is 1.82. The maximum atomic E-state index is 13.0. The van der Waals surface area contributed by atoms with Crippen LogP contribution in [0.25, 0.3) is 11.3 Å². The predicted molar refractivity (Wildman–Crippen MR) is 66.3 cm³/mol. The number of anilines is 1. The zero-order chi connectivity index (χ0) is 14.9. The Bertz CT molecular complexity index is 702. The largest absolute Gasteiger partial charge is 0.418 e. The number of rotatable bonds is 1. The Labute approximate surface area is 112 Å². The molecule has 1 heterocycles. The second-order valence-electron chi connectivity index (χ2n) is 4.17. The normalized spacial score (nSPS) is 11.2. The lowest BCUT2D eigenvalue weighted by Gasteiger charge is -2.13. The standard InChI is InChI=1S/C13H9F3N4/c1-7-4-8(6-17)2-3-9(7)12-10(13(14,15)16)5-11(18)19-20-12/h2-5H,1H3,(H2,18,19). The van der Waals surface area contributed by atoms with E-state index in [1.807, 2.05) is 6.07 Å². The second kappa shape index (κ2) is 4.81. The summed E-state index contributed by atoms with van der Waals surface area (Å²) in [6.45, 7) is 1.61. The zero-order valence-electron chi connectivity index (χ0n) is 10.4. The van der Waals surface area contributed by atoms with Crippen LogP contribution in [0.4, 0.5) is 19.0 Å². The van der Waals surface area contributed by atoms with Gasteiger partial charge >= 0.3 is 6.18 Å². The summed E-state index contributed by atoms with van der Waals surface area (Å²) in [5, 5.41) is 15.8. The van der Waals surface area contributed by atoms with Crippen molar-refractivity contribution in [2.24, 2.45) is 0 Å². The number of nitrogens with zero attached hydrogens (tertiary/aromatic N) is 3. The monoisotopic (exact) mass is 278 g/mol. The van der Waals surface area contributed by atoms with Gasteiger partial charge in [0, 0.05) is 5.56 Å². The summed E-state index contributed by atoms with van der Waals surface area (Å²) >= 11 is 0.